The molecule has 0 atom stereocenters. The Hall–Kier alpha value is -1.50. The minimum Gasteiger partial charge on any atom is -0.466 e. The van der Waals surface area contributed by atoms with Gasteiger partial charge in [-0.2, -0.15) is 0 Å². The molecule has 1 amide bonds. The molecule has 20 heavy (non-hydrogen) atoms. The quantitative estimate of drug-likeness (QED) is 0.340. The molecule has 4 heteroatoms. The second-order valence-electron chi connectivity index (χ2n) is 4.78. The van der Waals surface area contributed by atoms with E-state index in [9.17, 15) is 9.59 Å². The van der Waals surface area contributed by atoms with Gasteiger partial charge < -0.3 is 10.1 Å². The molecule has 0 aliphatic carbocycles. The molecule has 0 heterocycles. The van der Waals surface area contributed by atoms with Crippen molar-refractivity contribution in [3.05, 3.63) is 0 Å². The van der Waals surface area contributed by atoms with E-state index in [1.807, 2.05) is 12.8 Å². The fraction of sp³-hybridized carbons (Fsp3) is 0.750. The van der Waals surface area contributed by atoms with Crippen LogP contribution >= 0.6 is 0 Å². The van der Waals surface area contributed by atoms with Gasteiger partial charge in [0.2, 0.25) is 0 Å². The van der Waals surface area contributed by atoms with Crippen molar-refractivity contribution in [2.24, 2.45) is 0 Å². The van der Waals surface area contributed by atoms with E-state index in [1.165, 1.54) is 25.7 Å². The molecule has 0 radical (unpaired) electrons. The summed E-state index contributed by atoms with van der Waals surface area (Å²) in [5, 5.41) is 2.65. The highest BCUT2D eigenvalue weighted by Gasteiger charge is 2.00. The number of amides is 1. The Morgan fingerprint density at radius 3 is 2.10 bits per heavy atom. The van der Waals surface area contributed by atoms with Crippen molar-refractivity contribution >= 4 is 11.9 Å². The molecule has 0 bridgehead atoms. The van der Waals surface area contributed by atoms with Crippen LogP contribution in [0.3, 0.4) is 0 Å². The first-order chi connectivity index (χ1) is 9.70. The topological polar surface area (TPSA) is 55.4 Å². The summed E-state index contributed by atoms with van der Waals surface area (Å²) >= 11 is 0. The van der Waals surface area contributed by atoms with Crippen molar-refractivity contribution in [1.82, 2.24) is 5.32 Å². The number of rotatable bonds is 12. The van der Waals surface area contributed by atoms with Crippen molar-refractivity contribution < 1.29 is 14.3 Å². The van der Waals surface area contributed by atoms with E-state index in [4.69, 9.17) is 11.2 Å². The van der Waals surface area contributed by atoms with E-state index >= 15 is 0 Å². The van der Waals surface area contributed by atoms with E-state index in [-0.39, 0.29) is 11.9 Å². The lowest BCUT2D eigenvalue weighted by Crippen LogP contribution is -2.22. The lowest BCUT2D eigenvalue weighted by molar-refractivity contribution is -0.143. The number of carbonyl (C=O) groups is 2. The molecule has 114 valence electrons. The van der Waals surface area contributed by atoms with Crippen molar-refractivity contribution in [1.29, 1.82) is 0 Å². The molecule has 0 rings (SSSR count). The minimum absolute atomic E-state index is 0.0819. The molecule has 0 aromatic heterocycles. The van der Waals surface area contributed by atoms with Gasteiger partial charge in [-0.25, -0.2) is 0 Å². The van der Waals surface area contributed by atoms with E-state index in [2.05, 4.69) is 5.32 Å². The van der Waals surface area contributed by atoms with Gasteiger partial charge in [-0.3, -0.25) is 9.59 Å². The van der Waals surface area contributed by atoms with Crippen molar-refractivity contribution in [3.63, 3.8) is 0 Å². The van der Waals surface area contributed by atoms with Crippen LogP contribution in [0.15, 0.2) is 0 Å². The Morgan fingerprint density at radius 2 is 1.55 bits per heavy atom. The van der Waals surface area contributed by atoms with E-state index in [0.717, 1.165) is 25.7 Å². The molecule has 0 aromatic rings. The van der Waals surface area contributed by atoms with Gasteiger partial charge in [0.1, 0.15) is 0 Å². The molecule has 0 aromatic carbocycles. The second kappa shape index (κ2) is 13.9. The van der Waals surface area contributed by atoms with Crippen LogP contribution in [0.4, 0.5) is 0 Å². The molecule has 1 N–H and O–H groups in total. The molecule has 0 aliphatic heterocycles. The number of hydrogen-bond acceptors (Lipinski definition) is 3. The SMILES string of the molecule is C#CC(=O)NCCCCCCCCCCC(=O)OCC. The Bertz CT molecular complexity index is 307. The Balaban J connectivity index is 3.12. The summed E-state index contributed by atoms with van der Waals surface area (Å²) in [6.45, 7) is 2.97. The van der Waals surface area contributed by atoms with E-state index in [1.54, 1.807) is 0 Å². The average Bonchev–Trinajstić information content (AvgIpc) is 2.44. The van der Waals surface area contributed by atoms with Crippen LogP contribution in [0.2, 0.25) is 0 Å². The summed E-state index contributed by atoms with van der Waals surface area (Å²) in [6, 6.07) is 0. The highest BCUT2D eigenvalue weighted by Crippen LogP contribution is 2.09. The first kappa shape index (κ1) is 18.5. The van der Waals surface area contributed by atoms with Gasteiger partial charge in [-0.05, 0) is 25.7 Å². The number of ether oxygens (including phenoxy) is 1. The number of unbranched alkanes of at least 4 members (excludes halogenated alkanes) is 7. The van der Waals surface area contributed by atoms with Crippen molar-refractivity contribution in [2.75, 3.05) is 13.2 Å². The number of carbonyl (C=O) groups excluding carboxylic acids is 2. The van der Waals surface area contributed by atoms with Crippen LogP contribution < -0.4 is 5.32 Å². The summed E-state index contributed by atoms with van der Waals surface area (Å²) in [5.74, 6) is 1.62. The van der Waals surface area contributed by atoms with Gasteiger partial charge in [0.15, 0.2) is 0 Å². The molecule has 0 fully saturated rings. The zero-order valence-electron chi connectivity index (χ0n) is 12.6. The second-order valence-corrected chi connectivity index (χ2v) is 4.78. The predicted octanol–water partition coefficient (Wildman–Crippen LogP) is 2.81. The van der Waals surface area contributed by atoms with Gasteiger partial charge in [-0.15, -0.1) is 6.42 Å². The van der Waals surface area contributed by atoms with Crippen LogP contribution in [0.5, 0.6) is 0 Å². The fourth-order valence-electron chi connectivity index (χ4n) is 1.94. The maximum atomic E-state index is 11.1. The molecular formula is C16H27NO3. The molecule has 0 saturated heterocycles. The average molecular weight is 281 g/mol. The fourth-order valence-corrected chi connectivity index (χ4v) is 1.94. The number of nitrogens with one attached hydrogen (secondary N) is 1. The smallest absolute Gasteiger partial charge is 0.305 e. The largest absolute Gasteiger partial charge is 0.466 e. The lowest BCUT2D eigenvalue weighted by atomic mass is 10.1. The van der Waals surface area contributed by atoms with Gasteiger partial charge in [0, 0.05) is 13.0 Å². The summed E-state index contributed by atoms with van der Waals surface area (Å²) in [4.78, 5) is 21.8. The van der Waals surface area contributed by atoms with Crippen LogP contribution in [0.1, 0.15) is 64.7 Å². The monoisotopic (exact) mass is 281 g/mol. The molecular weight excluding hydrogens is 254 g/mol. The van der Waals surface area contributed by atoms with E-state index < -0.39 is 0 Å². The van der Waals surface area contributed by atoms with Crippen LogP contribution in [0.25, 0.3) is 0 Å². The Kier molecular flexibility index (Phi) is 12.9. The third-order valence-corrected chi connectivity index (χ3v) is 3.03. The van der Waals surface area contributed by atoms with Crippen molar-refractivity contribution in [3.8, 4) is 12.3 Å². The van der Waals surface area contributed by atoms with Gasteiger partial charge in [0.05, 0.1) is 6.61 Å². The highest BCUT2D eigenvalue weighted by molar-refractivity contribution is 5.92. The number of esters is 1. The molecule has 0 unspecified atom stereocenters. The summed E-state index contributed by atoms with van der Waals surface area (Å²) < 4.78 is 4.87. The highest BCUT2D eigenvalue weighted by atomic mass is 16.5. The molecule has 0 aliphatic rings. The zero-order chi connectivity index (χ0) is 15.1. The van der Waals surface area contributed by atoms with Crippen molar-refractivity contribution in [2.45, 2.75) is 64.7 Å². The van der Waals surface area contributed by atoms with Crippen LogP contribution in [-0.2, 0) is 14.3 Å². The molecule has 0 spiro atoms. The Labute approximate surface area is 122 Å². The van der Waals surface area contributed by atoms with Crippen LogP contribution in [0, 0.1) is 12.3 Å². The normalized spacial score (nSPS) is 9.80. The van der Waals surface area contributed by atoms with Crippen LogP contribution in [-0.4, -0.2) is 25.0 Å². The first-order valence-electron chi connectivity index (χ1n) is 7.60. The minimum atomic E-state index is -0.327. The standard InChI is InChI=1S/C16H27NO3/c1-3-15(18)17-14-12-10-8-6-5-7-9-11-13-16(19)20-4-2/h1H,4-14H2,2H3,(H,17,18). The molecule has 0 saturated carbocycles. The number of terminal acetylenes is 1. The summed E-state index contributed by atoms with van der Waals surface area (Å²) in [7, 11) is 0. The Morgan fingerprint density at radius 1 is 1.00 bits per heavy atom. The maximum absolute atomic E-state index is 11.1. The third kappa shape index (κ3) is 12.9. The lowest BCUT2D eigenvalue weighted by Gasteiger charge is -2.03. The van der Waals surface area contributed by atoms with Gasteiger partial charge in [0.25, 0.3) is 5.91 Å². The van der Waals surface area contributed by atoms with E-state index in [0.29, 0.717) is 19.6 Å². The third-order valence-electron chi connectivity index (χ3n) is 3.03. The first-order valence-corrected chi connectivity index (χ1v) is 7.60. The zero-order valence-corrected chi connectivity index (χ0v) is 12.6. The summed E-state index contributed by atoms with van der Waals surface area (Å²) in [5.41, 5.74) is 0. The summed E-state index contributed by atoms with van der Waals surface area (Å²) in [6.07, 6.45) is 14.4. The van der Waals surface area contributed by atoms with Gasteiger partial charge in [-0.1, -0.05) is 38.5 Å². The van der Waals surface area contributed by atoms with Gasteiger partial charge >= 0.3 is 5.97 Å². The number of hydrogen-bond donors (Lipinski definition) is 1. The molecule has 4 nitrogen and oxygen atoms in total. The predicted molar refractivity (Wildman–Crippen MR) is 80.0 cm³/mol. The maximum Gasteiger partial charge on any atom is 0.305 e.